The van der Waals surface area contributed by atoms with Crippen molar-refractivity contribution in [2.45, 2.75) is 42.0 Å². The number of hydrogen-bond donors (Lipinski definition) is 6. The van der Waals surface area contributed by atoms with E-state index < -0.39 is 64.2 Å². The summed E-state index contributed by atoms with van der Waals surface area (Å²) in [6.45, 7) is 0.862. The van der Waals surface area contributed by atoms with E-state index in [-0.39, 0.29) is 5.82 Å². The van der Waals surface area contributed by atoms with E-state index >= 15 is 0 Å². The van der Waals surface area contributed by atoms with E-state index in [9.17, 15) is 37.8 Å². The van der Waals surface area contributed by atoms with Gasteiger partial charge in [0.05, 0.1) is 0 Å². The number of nitrogen functional groups attached to an aromatic ring is 1. The van der Waals surface area contributed by atoms with E-state index in [0.717, 1.165) is 17.7 Å². The number of fused-ring (bicyclic) bond motifs is 1. The molecule has 1 saturated carbocycles. The summed E-state index contributed by atoms with van der Waals surface area (Å²) in [6.07, 6.45) is -4.70. The predicted octanol–water partition coefficient (Wildman–Crippen LogP) is -0.485. The molecule has 3 rings (SSSR count). The highest BCUT2D eigenvalue weighted by Gasteiger charge is 2.91. The number of nitrogens with two attached hydrogens (primary N) is 1. The monoisotopic (exact) mass is 545 g/mol. The summed E-state index contributed by atoms with van der Waals surface area (Å²) in [5, 5.41) is 9.19. The number of aromatic nitrogens is 2. The number of rotatable bonds is 8. The Morgan fingerprint density at radius 2 is 1.88 bits per heavy atom. The zero-order valence-corrected chi connectivity index (χ0v) is 19.0. The van der Waals surface area contributed by atoms with Gasteiger partial charge < -0.3 is 35.2 Å². The molecule has 1 aromatic rings. The van der Waals surface area contributed by atoms with Crippen LogP contribution in [0.5, 0.6) is 0 Å². The molecule has 0 amide bonds. The van der Waals surface area contributed by atoms with Crippen molar-refractivity contribution in [2.75, 3.05) is 5.73 Å². The lowest BCUT2D eigenvalue weighted by molar-refractivity contribution is -0.0953. The molecule has 7 N–H and O–H groups in total. The molecule has 2 heterocycles. The standard InChI is InChI=1S/C11H16ClFN3O13P3/c1-4(13)11-8(27-31(22,23)29-32(24,25)28-30(19,20)21)10(11,18)6(12)7(26-11)16-3-2-5(14)15-9(16)17/h2-4,6-8,18H,1H3,(H,22,23)(H,24,25)(H2,14,15,17)(H2,19,20,21)/t4?,6-,7+,8?,10+,11+/m0/s1. The summed E-state index contributed by atoms with van der Waals surface area (Å²) in [5.74, 6) is -0.154. The van der Waals surface area contributed by atoms with E-state index in [1.807, 2.05) is 0 Å². The van der Waals surface area contributed by atoms with Crippen molar-refractivity contribution in [1.82, 2.24) is 9.55 Å². The molecule has 0 spiro atoms. The molecule has 2 fully saturated rings. The van der Waals surface area contributed by atoms with E-state index in [1.54, 1.807) is 0 Å². The van der Waals surface area contributed by atoms with Gasteiger partial charge in [0.25, 0.3) is 0 Å². The molecular formula is C11H16ClFN3O13P3. The first-order valence-corrected chi connectivity index (χ1v) is 13.2. The Morgan fingerprint density at radius 3 is 2.34 bits per heavy atom. The van der Waals surface area contributed by atoms with Crippen LogP contribution in [0.25, 0.3) is 0 Å². The van der Waals surface area contributed by atoms with Gasteiger partial charge in [-0.25, -0.2) is 22.9 Å². The quantitative estimate of drug-likeness (QED) is 0.178. The highest BCUT2D eigenvalue weighted by atomic mass is 35.5. The molecule has 21 heteroatoms. The average molecular weight is 546 g/mol. The second-order valence-corrected chi connectivity index (χ2v) is 11.6. The van der Waals surface area contributed by atoms with Crippen molar-refractivity contribution < 1.29 is 60.6 Å². The van der Waals surface area contributed by atoms with Crippen molar-refractivity contribution in [3.8, 4) is 0 Å². The Morgan fingerprint density at radius 1 is 1.28 bits per heavy atom. The first-order chi connectivity index (χ1) is 14.4. The molecule has 0 aromatic carbocycles. The van der Waals surface area contributed by atoms with Crippen molar-refractivity contribution in [3.63, 3.8) is 0 Å². The number of ether oxygens (including phenoxy) is 1. The Labute approximate surface area is 182 Å². The van der Waals surface area contributed by atoms with E-state index in [2.05, 4.69) is 18.1 Å². The van der Waals surface area contributed by atoms with Gasteiger partial charge in [0.1, 0.15) is 29.1 Å². The van der Waals surface area contributed by atoms with Gasteiger partial charge in [0, 0.05) is 6.20 Å². The van der Waals surface area contributed by atoms with Gasteiger partial charge in [-0.15, -0.1) is 11.6 Å². The molecular weight excluding hydrogens is 530 g/mol. The predicted molar refractivity (Wildman–Crippen MR) is 99.7 cm³/mol. The van der Waals surface area contributed by atoms with Crippen molar-refractivity contribution in [1.29, 1.82) is 0 Å². The SMILES string of the molecule is CC(F)[C@]12O[C@@H](n3ccc(N)nc3=O)[C@H](Cl)[C@@]1(O)C2OP(=O)(O)OP(=O)(O)OP(=O)(O)O. The lowest BCUT2D eigenvalue weighted by Crippen LogP contribution is -2.38. The number of phosphoric ester groups is 1. The minimum absolute atomic E-state index is 0.154. The lowest BCUT2D eigenvalue weighted by atomic mass is 10.1. The van der Waals surface area contributed by atoms with Gasteiger partial charge in [-0.2, -0.15) is 13.6 Å². The van der Waals surface area contributed by atoms with Gasteiger partial charge in [-0.1, -0.05) is 0 Å². The largest absolute Gasteiger partial charge is 0.490 e. The fourth-order valence-electron chi connectivity index (χ4n) is 3.47. The first kappa shape index (κ1) is 25.8. The summed E-state index contributed by atoms with van der Waals surface area (Å²) < 4.78 is 66.6. The topological polar surface area (TPSA) is 250 Å². The van der Waals surface area contributed by atoms with Gasteiger partial charge in [-0.05, 0) is 13.0 Å². The Bertz CT molecular complexity index is 1130. The molecule has 32 heavy (non-hydrogen) atoms. The fourth-order valence-corrected chi connectivity index (χ4v) is 7.17. The molecule has 4 unspecified atom stereocenters. The summed E-state index contributed by atoms with van der Waals surface area (Å²) in [4.78, 5) is 51.5. The van der Waals surface area contributed by atoms with Crippen LogP contribution in [0.15, 0.2) is 17.1 Å². The third-order valence-electron chi connectivity index (χ3n) is 4.69. The molecule has 1 aliphatic heterocycles. The second kappa shape index (κ2) is 7.89. The maximum atomic E-state index is 14.5. The molecule has 182 valence electrons. The number of alkyl halides is 2. The van der Waals surface area contributed by atoms with Crippen LogP contribution in [-0.2, 0) is 31.6 Å². The Hall–Kier alpha value is -0.770. The maximum absolute atomic E-state index is 14.5. The number of phosphoric acid groups is 3. The highest BCUT2D eigenvalue weighted by molar-refractivity contribution is 7.66. The normalized spacial score (nSPS) is 36.7. The molecule has 0 bridgehead atoms. The van der Waals surface area contributed by atoms with Crippen LogP contribution >= 0.6 is 35.1 Å². The molecule has 1 saturated heterocycles. The van der Waals surface area contributed by atoms with Crippen LogP contribution in [0.2, 0.25) is 0 Å². The van der Waals surface area contributed by atoms with Crippen LogP contribution in [0.4, 0.5) is 10.2 Å². The third-order valence-corrected chi connectivity index (χ3v) is 9.04. The van der Waals surface area contributed by atoms with Gasteiger partial charge >= 0.3 is 29.2 Å². The van der Waals surface area contributed by atoms with Crippen molar-refractivity contribution in [3.05, 3.63) is 22.7 Å². The third kappa shape index (κ3) is 4.34. The number of halogens is 2. The molecule has 8 atom stereocenters. The average Bonchev–Trinajstić information content (AvgIpc) is 2.96. The van der Waals surface area contributed by atoms with Gasteiger partial charge in [0.15, 0.2) is 11.8 Å². The van der Waals surface area contributed by atoms with Crippen LogP contribution in [0, 0.1) is 0 Å². The maximum Gasteiger partial charge on any atom is 0.490 e. The summed E-state index contributed by atoms with van der Waals surface area (Å²) in [6, 6.07) is 1.18. The van der Waals surface area contributed by atoms with Crippen LogP contribution in [0.1, 0.15) is 13.2 Å². The lowest BCUT2D eigenvalue weighted by Gasteiger charge is -2.26. The summed E-state index contributed by atoms with van der Waals surface area (Å²) >= 11 is 6.15. The van der Waals surface area contributed by atoms with Crippen LogP contribution in [0.3, 0.4) is 0 Å². The number of anilines is 1. The fraction of sp³-hybridized carbons (Fsp3) is 0.636. The Balaban J connectivity index is 1.86. The molecule has 16 nitrogen and oxygen atoms in total. The van der Waals surface area contributed by atoms with Crippen molar-refractivity contribution in [2.24, 2.45) is 0 Å². The molecule has 1 aromatic heterocycles. The smallest absolute Gasteiger partial charge is 0.383 e. The van der Waals surface area contributed by atoms with E-state index in [0.29, 0.717) is 0 Å². The minimum Gasteiger partial charge on any atom is -0.383 e. The van der Waals surface area contributed by atoms with Crippen LogP contribution < -0.4 is 11.4 Å². The number of aliphatic hydroxyl groups is 1. The highest BCUT2D eigenvalue weighted by Crippen LogP contribution is 2.73. The minimum atomic E-state index is -5.86. The molecule has 0 radical (unpaired) electrons. The zero-order valence-electron chi connectivity index (χ0n) is 15.5. The van der Waals surface area contributed by atoms with E-state index in [4.69, 9.17) is 31.9 Å². The van der Waals surface area contributed by atoms with Crippen LogP contribution in [-0.4, -0.2) is 63.1 Å². The van der Waals surface area contributed by atoms with Gasteiger partial charge in [0.2, 0.25) is 0 Å². The summed E-state index contributed by atoms with van der Waals surface area (Å²) in [5.41, 5.74) is -0.619. The first-order valence-electron chi connectivity index (χ1n) is 8.21. The van der Waals surface area contributed by atoms with Gasteiger partial charge in [-0.3, -0.25) is 9.09 Å². The Kier molecular flexibility index (Phi) is 6.37. The van der Waals surface area contributed by atoms with E-state index in [1.165, 1.54) is 6.07 Å². The van der Waals surface area contributed by atoms with Crippen molar-refractivity contribution >= 4 is 40.9 Å². The number of hydrogen-bond acceptors (Lipinski definition) is 11. The summed E-state index contributed by atoms with van der Waals surface area (Å²) in [7, 11) is -17.3. The number of nitrogens with zero attached hydrogens (tertiary/aromatic N) is 2. The second-order valence-electron chi connectivity index (χ2n) is 6.76. The zero-order chi connectivity index (χ0) is 24.5. The molecule has 1 aliphatic carbocycles. The molecule has 2 aliphatic rings.